The molecular weight excluding hydrogens is 402 g/mol. The molecule has 0 radical (unpaired) electrons. The maximum Gasteiger partial charge on any atom is 0.339 e. The van der Waals surface area contributed by atoms with Crippen LogP contribution in [-0.2, 0) is 4.79 Å². The zero-order valence-electron chi connectivity index (χ0n) is 16.3. The minimum absolute atomic E-state index is 0.225. The minimum Gasteiger partial charge on any atom is -0.507 e. The Hall–Kier alpha value is -3.57. The summed E-state index contributed by atoms with van der Waals surface area (Å²) in [5.74, 6) is -1.92. The highest BCUT2D eigenvalue weighted by Crippen LogP contribution is 2.45. The average molecular weight is 420 g/mol. The third-order valence-corrected chi connectivity index (χ3v) is 5.55. The van der Waals surface area contributed by atoms with Crippen molar-refractivity contribution < 1.29 is 19.8 Å². The van der Waals surface area contributed by atoms with E-state index in [0.717, 1.165) is 22.3 Å². The van der Waals surface area contributed by atoms with Gasteiger partial charge >= 0.3 is 5.97 Å². The standard InChI is InChI=1S/C24H18ClNO4/c1-13-5-3-7-19(25)17(13)12-18-22-14(2)6-4-8-20(22)26(23(18)28)15-9-10-16(24(29)30)21(27)11-15/h3-12,27H,1-2H3,(H,29,30)/b18-12-. The molecule has 0 aliphatic carbocycles. The molecular formula is C24H18ClNO4. The van der Waals surface area contributed by atoms with Crippen LogP contribution in [-0.4, -0.2) is 22.1 Å². The van der Waals surface area contributed by atoms with Gasteiger partial charge in [-0.1, -0.05) is 35.9 Å². The molecule has 30 heavy (non-hydrogen) atoms. The molecule has 0 atom stereocenters. The topological polar surface area (TPSA) is 77.8 Å². The van der Waals surface area contributed by atoms with Crippen molar-refractivity contribution in [2.45, 2.75) is 13.8 Å². The van der Waals surface area contributed by atoms with E-state index in [2.05, 4.69) is 0 Å². The molecule has 1 aliphatic heterocycles. The number of benzene rings is 3. The molecule has 0 saturated heterocycles. The van der Waals surface area contributed by atoms with Crippen molar-refractivity contribution in [3.05, 3.63) is 87.4 Å². The van der Waals surface area contributed by atoms with E-state index in [1.807, 2.05) is 44.2 Å². The maximum atomic E-state index is 13.5. The Kier molecular flexibility index (Phi) is 4.84. The molecule has 0 bridgehead atoms. The monoisotopic (exact) mass is 419 g/mol. The van der Waals surface area contributed by atoms with Crippen LogP contribution in [0.25, 0.3) is 11.6 Å². The first-order valence-corrected chi connectivity index (χ1v) is 9.65. The highest BCUT2D eigenvalue weighted by Gasteiger charge is 2.35. The number of halogens is 1. The number of rotatable bonds is 3. The van der Waals surface area contributed by atoms with Gasteiger partial charge in [0.2, 0.25) is 0 Å². The van der Waals surface area contributed by atoms with Gasteiger partial charge in [-0.05, 0) is 60.9 Å². The second-order valence-corrected chi connectivity index (χ2v) is 7.55. The third-order valence-electron chi connectivity index (χ3n) is 5.22. The molecule has 6 heteroatoms. The molecule has 0 aromatic heterocycles. The van der Waals surface area contributed by atoms with E-state index >= 15 is 0 Å². The number of aryl methyl sites for hydroxylation is 2. The van der Waals surface area contributed by atoms with Crippen molar-refractivity contribution >= 4 is 46.5 Å². The van der Waals surface area contributed by atoms with E-state index in [4.69, 9.17) is 16.7 Å². The van der Waals surface area contributed by atoms with Crippen molar-refractivity contribution in [3.8, 4) is 5.75 Å². The van der Waals surface area contributed by atoms with Crippen molar-refractivity contribution in [1.29, 1.82) is 0 Å². The largest absolute Gasteiger partial charge is 0.507 e. The van der Waals surface area contributed by atoms with Gasteiger partial charge in [-0.15, -0.1) is 0 Å². The summed E-state index contributed by atoms with van der Waals surface area (Å²) in [6.07, 6.45) is 1.79. The van der Waals surface area contributed by atoms with Gasteiger partial charge in [0, 0.05) is 16.7 Å². The molecule has 5 nitrogen and oxygen atoms in total. The van der Waals surface area contributed by atoms with Crippen molar-refractivity contribution in [3.63, 3.8) is 0 Å². The van der Waals surface area contributed by atoms with Crippen molar-refractivity contribution in [1.82, 2.24) is 0 Å². The Morgan fingerprint density at radius 2 is 1.73 bits per heavy atom. The van der Waals surface area contributed by atoms with Crippen LogP contribution in [0.3, 0.4) is 0 Å². The first-order valence-electron chi connectivity index (χ1n) is 9.27. The fourth-order valence-corrected chi connectivity index (χ4v) is 4.00. The number of carbonyl (C=O) groups is 2. The molecule has 1 heterocycles. The first kappa shape index (κ1) is 19.7. The van der Waals surface area contributed by atoms with Gasteiger partial charge in [0.1, 0.15) is 11.3 Å². The van der Waals surface area contributed by atoms with Crippen molar-refractivity contribution in [2.24, 2.45) is 0 Å². The number of carboxylic acid groups (broad SMARTS) is 1. The Labute approximate surface area is 178 Å². The van der Waals surface area contributed by atoms with E-state index < -0.39 is 11.7 Å². The fourth-order valence-electron chi connectivity index (χ4n) is 3.73. The van der Waals surface area contributed by atoms with Gasteiger partial charge in [-0.2, -0.15) is 0 Å². The number of amides is 1. The number of hydrogen-bond donors (Lipinski definition) is 2. The van der Waals surface area contributed by atoms with Gasteiger partial charge in [0.05, 0.1) is 16.9 Å². The van der Waals surface area contributed by atoms with E-state index in [0.29, 0.717) is 22.0 Å². The Morgan fingerprint density at radius 3 is 2.40 bits per heavy atom. The van der Waals surface area contributed by atoms with Crippen LogP contribution < -0.4 is 4.90 Å². The number of carboxylic acids is 1. The second-order valence-electron chi connectivity index (χ2n) is 7.14. The van der Waals surface area contributed by atoms with E-state index in [-0.39, 0.29) is 11.5 Å². The summed E-state index contributed by atoms with van der Waals surface area (Å²) in [4.78, 5) is 26.2. The van der Waals surface area contributed by atoms with Gasteiger partial charge in [0.15, 0.2) is 0 Å². The maximum absolute atomic E-state index is 13.5. The van der Waals surface area contributed by atoms with Crippen LogP contribution in [0.2, 0.25) is 5.02 Å². The molecule has 3 aromatic rings. The van der Waals surface area contributed by atoms with Gasteiger partial charge in [-0.25, -0.2) is 4.79 Å². The van der Waals surface area contributed by atoms with Gasteiger partial charge < -0.3 is 10.2 Å². The van der Waals surface area contributed by atoms with Crippen LogP contribution in [0.1, 0.15) is 32.6 Å². The summed E-state index contributed by atoms with van der Waals surface area (Å²) in [6.45, 7) is 3.85. The van der Waals surface area contributed by atoms with Crippen LogP contribution in [0.4, 0.5) is 11.4 Å². The fraction of sp³-hybridized carbons (Fsp3) is 0.0833. The predicted octanol–water partition coefficient (Wildman–Crippen LogP) is 5.58. The molecule has 2 N–H and O–H groups in total. The Bertz CT molecular complexity index is 1230. The number of aromatic carboxylic acids is 1. The molecule has 150 valence electrons. The van der Waals surface area contributed by atoms with Gasteiger partial charge in [-0.3, -0.25) is 9.69 Å². The van der Waals surface area contributed by atoms with E-state index in [1.54, 1.807) is 12.1 Å². The Balaban J connectivity index is 1.92. The molecule has 0 spiro atoms. The number of anilines is 2. The molecule has 1 amide bonds. The second kappa shape index (κ2) is 7.35. The molecule has 1 aliphatic rings. The van der Waals surface area contributed by atoms with Crippen LogP contribution in [0.15, 0.2) is 54.6 Å². The predicted molar refractivity (Wildman–Crippen MR) is 117 cm³/mol. The lowest BCUT2D eigenvalue weighted by Gasteiger charge is -2.18. The number of hydrogen-bond acceptors (Lipinski definition) is 3. The number of fused-ring (bicyclic) bond motifs is 1. The zero-order chi connectivity index (χ0) is 21.6. The smallest absolute Gasteiger partial charge is 0.339 e. The summed E-state index contributed by atoms with van der Waals surface area (Å²) in [5.41, 5.74) is 4.72. The third kappa shape index (κ3) is 3.13. The lowest BCUT2D eigenvalue weighted by atomic mass is 9.98. The van der Waals surface area contributed by atoms with Crippen LogP contribution in [0.5, 0.6) is 5.75 Å². The lowest BCUT2D eigenvalue weighted by molar-refractivity contribution is -0.112. The average Bonchev–Trinajstić information content (AvgIpc) is 2.97. The lowest BCUT2D eigenvalue weighted by Crippen LogP contribution is -2.20. The normalized spacial score (nSPS) is 14.3. The van der Waals surface area contributed by atoms with Crippen molar-refractivity contribution in [2.75, 3.05) is 4.90 Å². The molecule has 4 rings (SSSR count). The number of aromatic hydroxyl groups is 1. The van der Waals surface area contributed by atoms with E-state index in [9.17, 15) is 14.7 Å². The minimum atomic E-state index is -1.24. The summed E-state index contributed by atoms with van der Waals surface area (Å²) in [6, 6.07) is 15.2. The highest BCUT2D eigenvalue weighted by molar-refractivity contribution is 6.39. The van der Waals surface area contributed by atoms with Crippen LogP contribution >= 0.6 is 11.6 Å². The summed E-state index contributed by atoms with van der Waals surface area (Å²) in [7, 11) is 0. The summed E-state index contributed by atoms with van der Waals surface area (Å²) in [5, 5.41) is 19.8. The summed E-state index contributed by atoms with van der Waals surface area (Å²) >= 11 is 6.39. The molecule has 0 unspecified atom stereocenters. The molecule has 3 aromatic carbocycles. The van der Waals surface area contributed by atoms with Crippen LogP contribution in [0, 0.1) is 13.8 Å². The zero-order valence-corrected chi connectivity index (χ0v) is 17.1. The number of nitrogens with zero attached hydrogens (tertiary/aromatic N) is 1. The summed E-state index contributed by atoms with van der Waals surface area (Å²) < 4.78 is 0. The first-order chi connectivity index (χ1) is 14.3. The SMILES string of the molecule is Cc1cccc(Cl)c1/C=C1\C(=O)N(c2ccc(C(=O)O)c(O)c2)c2cccc(C)c21. The molecule has 0 fully saturated rings. The highest BCUT2D eigenvalue weighted by atomic mass is 35.5. The van der Waals surface area contributed by atoms with Gasteiger partial charge in [0.25, 0.3) is 5.91 Å². The Morgan fingerprint density at radius 1 is 1.03 bits per heavy atom. The quantitative estimate of drug-likeness (QED) is 0.543. The molecule has 0 saturated carbocycles. The number of carbonyl (C=O) groups excluding carboxylic acids is 1. The number of phenols is 1. The van der Waals surface area contributed by atoms with E-state index in [1.165, 1.54) is 23.1 Å².